The lowest BCUT2D eigenvalue weighted by molar-refractivity contribution is -0.123. The van der Waals surface area contributed by atoms with E-state index in [0.717, 1.165) is 36.9 Å². The maximum absolute atomic E-state index is 12.0. The molecule has 0 saturated heterocycles. The van der Waals surface area contributed by atoms with E-state index in [1.165, 1.54) is 0 Å². The molecule has 4 N–H and O–H groups in total. The zero-order valence-electron chi connectivity index (χ0n) is 11.3. The highest BCUT2D eigenvalue weighted by Crippen LogP contribution is 2.32. The Labute approximate surface area is 117 Å². The minimum atomic E-state index is -0.277. The topological polar surface area (TPSA) is 84.2 Å². The number of nitrogens with two attached hydrogens (primary N) is 1. The molecule has 1 unspecified atom stereocenters. The Morgan fingerprint density at radius 2 is 1.90 bits per heavy atom. The number of anilines is 1. The van der Waals surface area contributed by atoms with E-state index in [0.29, 0.717) is 0 Å². The minimum Gasteiger partial charge on any atom is -0.369 e. The van der Waals surface area contributed by atoms with Gasteiger partial charge in [0.15, 0.2) is 0 Å². The SMILES string of the molecule is NC(=O)C1CCC(NC2C(=O)Nc3ccccc32)CC1. The molecule has 1 aromatic carbocycles. The van der Waals surface area contributed by atoms with Crippen molar-refractivity contribution in [3.63, 3.8) is 0 Å². The Morgan fingerprint density at radius 3 is 2.60 bits per heavy atom. The summed E-state index contributed by atoms with van der Waals surface area (Å²) >= 11 is 0. The predicted molar refractivity (Wildman–Crippen MR) is 75.9 cm³/mol. The van der Waals surface area contributed by atoms with Crippen LogP contribution < -0.4 is 16.4 Å². The number of benzene rings is 1. The Morgan fingerprint density at radius 1 is 1.20 bits per heavy atom. The number of para-hydroxylation sites is 1. The molecular weight excluding hydrogens is 254 g/mol. The molecule has 5 heteroatoms. The molecule has 1 aliphatic heterocycles. The van der Waals surface area contributed by atoms with Gasteiger partial charge in [-0.1, -0.05) is 18.2 Å². The molecule has 1 heterocycles. The van der Waals surface area contributed by atoms with Crippen molar-refractivity contribution in [3.05, 3.63) is 29.8 Å². The lowest BCUT2D eigenvalue weighted by atomic mass is 9.85. The zero-order chi connectivity index (χ0) is 14.1. The van der Waals surface area contributed by atoms with Crippen LogP contribution in [0.25, 0.3) is 0 Å². The van der Waals surface area contributed by atoms with Crippen LogP contribution in [-0.2, 0) is 9.59 Å². The second kappa shape index (κ2) is 5.25. The predicted octanol–water partition coefficient (Wildman–Crippen LogP) is 1.31. The van der Waals surface area contributed by atoms with Crippen molar-refractivity contribution < 1.29 is 9.59 Å². The molecule has 1 saturated carbocycles. The Bertz CT molecular complexity index is 536. The highest BCUT2D eigenvalue weighted by Gasteiger charge is 2.33. The van der Waals surface area contributed by atoms with Gasteiger partial charge in [0.2, 0.25) is 11.8 Å². The molecule has 3 rings (SSSR count). The van der Waals surface area contributed by atoms with Gasteiger partial charge in [0, 0.05) is 23.2 Å². The van der Waals surface area contributed by atoms with Crippen molar-refractivity contribution >= 4 is 17.5 Å². The van der Waals surface area contributed by atoms with E-state index in [4.69, 9.17) is 5.73 Å². The average molecular weight is 273 g/mol. The number of amides is 2. The Hall–Kier alpha value is -1.88. The van der Waals surface area contributed by atoms with Crippen molar-refractivity contribution in [2.75, 3.05) is 5.32 Å². The normalized spacial score (nSPS) is 28.8. The third-order valence-electron chi connectivity index (χ3n) is 4.32. The van der Waals surface area contributed by atoms with Crippen LogP contribution in [-0.4, -0.2) is 17.9 Å². The van der Waals surface area contributed by atoms with E-state index in [9.17, 15) is 9.59 Å². The molecular formula is C15H19N3O2. The van der Waals surface area contributed by atoms with Crippen molar-refractivity contribution in [1.29, 1.82) is 0 Å². The second-order valence-electron chi connectivity index (χ2n) is 5.63. The van der Waals surface area contributed by atoms with Crippen LogP contribution in [0, 0.1) is 5.92 Å². The zero-order valence-corrected chi connectivity index (χ0v) is 11.3. The van der Waals surface area contributed by atoms with Gasteiger partial charge in [0.25, 0.3) is 0 Å². The summed E-state index contributed by atoms with van der Waals surface area (Å²) < 4.78 is 0. The van der Waals surface area contributed by atoms with Gasteiger partial charge in [-0.2, -0.15) is 0 Å². The molecule has 5 nitrogen and oxygen atoms in total. The number of fused-ring (bicyclic) bond motifs is 1. The monoisotopic (exact) mass is 273 g/mol. The van der Waals surface area contributed by atoms with Crippen LogP contribution in [0.5, 0.6) is 0 Å². The summed E-state index contributed by atoms with van der Waals surface area (Å²) in [6, 6.07) is 7.74. The van der Waals surface area contributed by atoms with Gasteiger partial charge in [-0.25, -0.2) is 0 Å². The molecule has 2 amide bonds. The highest BCUT2D eigenvalue weighted by molar-refractivity contribution is 6.02. The quantitative estimate of drug-likeness (QED) is 0.776. The molecule has 0 aromatic heterocycles. The third-order valence-corrected chi connectivity index (χ3v) is 4.32. The Kier molecular flexibility index (Phi) is 3.44. The fourth-order valence-electron chi connectivity index (χ4n) is 3.15. The number of rotatable bonds is 3. The standard InChI is InChI=1S/C15H19N3O2/c16-14(19)9-5-7-10(8-6-9)17-13-11-3-1-2-4-12(11)18-15(13)20/h1-4,9-10,13,17H,5-8H2,(H2,16,19)(H,18,20). The van der Waals surface area contributed by atoms with Crippen molar-refractivity contribution in [3.8, 4) is 0 Å². The molecule has 0 spiro atoms. The fraction of sp³-hybridized carbons (Fsp3) is 0.467. The number of hydrogen-bond donors (Lipinski definition) is 3. The van der Waals surface area contributed by atoms with E-state index in [2.05, 4.69) is 10.6 Å². The summed E-state index contributed by atoms with van der Waals surface area (Å²) in [7, 11) is 0. The van der Waals surface area contributed by atoms with E-state index in [1.54, 1.807) is 0 Å². The smallest absolute Gasteiger partial charge is 0.246 e. The van der Waals surface area contributed by atoms with Crippen LogP contribution in [0.2, 0.25) is 0 Å². The molecule has 20 heavy (non-hydrogen) atoms. The summed E-state index contributed by atoms with van der Waals surface area (Å²) in [4.78, 5) is 23.2. The average Bonchev–Trinajstić information content (AvgIpc) is 2.76. The first-order valence-corrected chi connectivity index (χ1v) is 7.10. The lowest BCUT2D eigenvalue weighted by Crippen LogP contribution is -2.40. The van der Waals surface area contributed by atoms with E-state index in [-0.39, 0.29) is 29.8 Å². The van der Waals surface area contributed by atoms with Crippen LogP contribution in [0.15, 0.2) is 24.3 Å². The molecule has 1 atom stereocenters. The second-order valence-corrected chi connectivity index (χ2v) is 5.63. The largest absolute Gasteiger partial charge is 0.369 e. The summed E-state index contributed by atoms with van der Waals surface area (Å²) in [5.41, 5.74) is 7.24. The minimum absolute atomic E-state index is 0.00209. The summed E-state index contributed by atoms with van der Waals surface area (Å²) in [6.07, 6.45) is 3.39. The lowest BCUT2D eigenvalue weighted by Gasteiger charge is -2.29. The number of nitrogens with one attached hydrogen (secondary N) is 2. The first-order valence-electron chi connectivity index (χ1n) is 7.10. The maximum Gasteiger partial charge on any atom is 0.246 e. The van der Waals surface area contributed by atoms with E-state index in [1.807, 2.05) is 24.3 Å². The molecule has 106 valence electrons. The highest BCUT2D eigenvalue weighted by atomic mass is 16.2. The summed E-state index contributed by atoms with van der Waals surface area (Å²) in [5, 5.41) is 6.31. The summed E-state index contributed by atoms with van der Waals surface area (Å²) in [6.45, 7) is 0. The molecule has 1 aliphatic carbocycles. The van der Waals surface area contributed by atoms with Gasteiger partial charge in [-0.15, -0.1) is 0 Å². The van der Waals surface area contributed by atoms with Gasteiger partial charge in [-0.05, 0) is 31.7 Å². The van der Waals surface area contributed by atoms with Gasteiger partial charge in [-0.3, -0.25) is 14.9 Å². The molecule has 2 aliphatic rings. The van der Waals surface area contributed by atoms with Crippen LogP contribution in [0.1, 0.15) is 37.3 Å². The van der Waals surface area contributed by atoms with Gasteiger partial charge >= 0.3 is 0 Å². The van der Waals surface area contributed by atoms with Gasteiger partial charge in [0.05, 0.1) is 0 Å². The van der Waals surface area contributed by atoms with Crippen molar-refractivity contribution in [1.82, 2.24) is 5.32 Å². The first-order chi connectivity index (χ1) is 9.65. The van der Waals surface area contributed by atoms with Crippen LogP contribution in [0.4, 0.5) is 5.69 Å². The van der Waals surface area contributed by atoms with Gasteiger partial charge < -0.3 is 11.1 Å². The molecule has 1 aromatic rings. The third kappa shape index (κ3) is 2.41. The van der Waals surface area contributed by atoms with E-state index < -0.39 is 0 Å². The van der Waals surface area contributed by atoms with Crippen molar-refractivity contribution in [2.45, 2.75) is 37.8 Å². The molecule has 0 radical (unpaired) electrons. The van der Waals surface area contributed by atoms with Crippen LogP contribution in [0.3, 0.4) is 0 Å². The Balaban J connectivity index is 1.65. The number of carbonyl (C=O) groups is 2. The number of primary amides is 1. The van der Waals surface area contributed by atoms with Crippen LogP contribution >= 0.6 is 0 Å². The van der Waals surface area contributed by atoms with Crippen molar-refractivity contribution in [2.24, 2.45) is 11.7 Å². The molecule has 1 fully saturated rings. The van der Waals surface area contributed by atoms with E-state index >= 15 is 0 Å². The summed E-state index contributed by atoms with van der Waals surface area (Å²) in [5.74, 6) is -0.201. The number of carbonyl (C=O) groups excluding carboxylic acids is 2. The first kappa shape index (κ1) is 13.1. The number of hydrogen-bond acceptors (Lipinski definition) is 3. The molecule has 0 bridgehead atoms. The van der Waals surface area contributed by atoms with Gasteiger partial charge in [0.1, 0.15) is 6.04 Å². The fourth-order valence-corrected chi connectivity index (χ4v) is 3.15. The maximum atomic E-state index is 12.0.